The summed E-state index contributed by atoms with van der Waals surface area (Å²) in [6, 6.07) is 4.87. The highest BCUT2D eigenvalue weighted by atomic mass is 16.6. The number of carbonyl (C=O) groups is 2. The molecule has 1 saturated heterocycles. The summed E-state index contributed by atoms with van der Waals surface area (Å²) in [5.74, 6) is -2.33. The Kier molecular flexibility index (Phi) is 9.73. The van der Waals surface area contributed by atoms with Crippen LogP contribution in [0.25, 0.3) is 0 Å². The molecule has 0 spiro atoms. The van der Waals surface area contributed by atoms with Crippen molar-refractivity contribution in [2.75, 3.05) is 13.2 Å². The maximum absolute atomic E-state index is 12.0. The van der Waals surface area contributed by atoms with Gasteiger partial charge in [-0.25, -0.2) is 0 Å². The van der Waals surface area contributed by atoms with E-state index in [4.69, 9.17) is 14.5 Å². The molecule has 2 atom stereocenters. The fourth-order valence-corrected chi connectivity index (χ4v) is 2.19. The normalized spacial score (nSPS) is 19.8. The van der Waals surface area contributed by atoms with Crippen molar-refractivity contribution < 1.29 is 39.0 Å². The van der Waals surface area contributed by atoms with Gasteiger partial charge in [0.25, 0.3) is 0 Å². The Hall–Kier alpha value is -2.17. The maximum Gasteiger partial charge on any atom is 0.480 e. The Morgan fingerprint density at radius 2 is 2.04 bits per heavy atom. The summed E-state index contributed by atoms with van der Waals surface area (Å²) in [6.07, 6.45) is 0.218. The number of rotatable bonds is 5. The number of nitrogens with one attached hydrogen (secondary N) is 1. The molecule has 2 rings (SSSR count). The minimum atomic E-state index is -1.37. The van der Waals surface area contributed by atoms with E-state index in [1.165, 1.54) is 6.20 Å². The molecule has 25 heavy (non-hydrogen) atoms. The van der Waals surface area contributed by atoms with Crippen LogP contribution in [0.2, 0.25) is 0 Å². The van der Waals surface area contributed by atoms with E-state index in [1.807, 2.05) is 0 Å². The Labute approximate surface area is 147 Å². The summed E-state index contributed by atoms with van der Waals surface area (Å²) in [4.78, 5) is 22.7. The van der Waals surface area contributed by atoms with Crippen LogP contribution in [0, 0.1) is 0 Å². The highest BCUT2D eigenvalue weighted by Gasteiger charge is 2.35. The van der Waals surface area contributed by atoms with E-state index < -0.39 is 31.0 Å². The number of nitrogens with zero attached hydrogens (tertiary/aromatic N) is 1. The number of pyridine rings is 1. The van der Waals surface area contributed by atoms with Gasteiger partial charge in [-0.05, 0) is 6.07 Å². The van der Waals surface area contributed by atoms with Crippen molar-refractivity contribution in [3.8, 4) is 0 Å². The predicted molar refractivity (Wildman–Crippen MR) is 88.8 cm³/mol. The summed E-state index contributed by atoms with van der Waals surface area (Å²) >= 11 is 0. The molecule has 0 aromatic carbocycles. The van der Waals surface area contributed by atoms with E-state index in [9.17, 15) is 19.8 Å². The van der Waals surface area contributed by atoms with Crippen molar-refractivity contribution in [2.45, 2.75) is 39.7 Å². The van der Waals surface area contributed by atoms with Crippen LogP contribution in [-0.4, -0.2) is 59.6 Å². The van der Waals surface area contributed by atoms with Crippen molar-refractivity contribution in [3.05, 3.63) is 30.1 Å². The molecule has 1 fully saturated rings. The van der Waals surface area contributed by atoms with Crippen LogP contribution in [0.15, 0.2) is 24.4 Å². The molecule has 1 aromatic rings. The van der Waals surface area contributed by atoms with Gasteiger partial charge in [-0.1, -0.05) is 14.9 Å². The van der Waals surface area contributed by atoms with Crippen LogP contribution >= 0.6 is 0 Å². The lowest BCUT2D eigenvalue weighted by Gasteiger charge is -2.18. The zero-order chi connectivity index (χ0) is 16.8. The number of hydrogen-bond acceptors (Lipinski definition) is 6. The standard InChI is InChI=1S/C13H17BN2O7.2CH4/c17-12(5-9-3-1-2-4-16(9)21)15-11-8-22-7-10(6-13(18)19)23-14(11)20;;/h1-4,10-11,20H,5-8H2,(H2-,15,17,18,19,21);2*1H4/p+1/t10-,11-;;/m0../s1. The highest BCUT2D eigenvalue weighted by molar-refractivity contribution is 6.45. The smallest absolute Gasteiger partial charge is 0.480 e. The predicted octanol–water partition coefficient (Wildman–Crippen LogP) is -0.579. The third kappa shape index (κ3) is 7.08. The fourth-order valence-electron chi connectivity index (χ4n) is 2.19. The SMILES string of the molecule is C.C.O=C(O)C[C@H]1COC[C@H](NC(=O)Cc2cccc[n+]2O)B(O)O1. The van der Waals surface area contributed by atoms with Crippen LogP contribution in [0.3, 0.4) is 0 Å². The lowest BCUT2D eigenvalue weighted by atomic mass is 9.79. The average Bonchev–Trinajstić information content (AvgIpc) is 2.63. The van der Waals surface area contributed by atoms with Gasteiger partial charge in [0.15, 0.2) is 0 Å². The number of carbonyl (C=O) groups excluding carboxylic acids is 1. The van der Waals surface area contributed by atoms with Crippen LogP contribution in [-0.2, 0) is 25.4 Å². The highest BCUT2D eigenvalue weighted by Crippen LogP contribution is 2.09. The molecule has 2 heterocycles. The molecule has 0 unspecified atom stereocenters. The Bertz CT molecular complexity index is 573. The molecule has 1 aromatic heterocycles. The summed E-state index contributed by atoms with van der Waals surface area (Å²) in [7, 11) is -1.37. The van der Waals surface area contributed by atoms with Gasteiger partial charge in [0.05, 0.1) is 31.7 Å². The second-order valence-electron chi connectivity index (χ2n) is 5.17. The Morgan fingerprint density at radius 3 is 2.68 bits per heavy atom. The molecule has 0 bridgehead atoms. The van der Waals surface area contributed by atoms with Crippen LogP contribution < -0.4 is 10.0 Å². The number of carboxylic acid groups (broad SMARTS) is 1. The minimum Gasteiger partial charge on any atom is -0.481 e. The Balaban J connectivity index is 0.00000288. The number of carboxylic acids is 1. The number of amides is 1. The fraction of sp³-hybridized carbons (Fsp3) is 0.533. The first kappa shape index (κ1) is 22.8. The van der Waals surface area contributed by atoms with E-state index in [-0.39, 0.29) is 40.9 Å². The third-order valence-corrected chi connectivity index (χ3v) is 3.29. The van der Waals surface area contributed by atoms with E-state index in [2.05, 4.69) is 5.32 Å². The average molecular weight is 357 g/mol. The van der Waals surface area contributed by atoms with Gasteiger partial charge < -0.3 is 24.8 Å². The van der Waals surface area contributed by atoms with Crippen molar-refractivity contribution >= 4 is 19.0 Å². The van der Waals surface area contributed by atoms with E-state index in [0.717, 1.165) is 4.73 Å². The molecule has 0 saturated carbocycles. The summed E-state index contributed by atoms with van der Waals surface area (Å²) < 4.78 is 11.3. The molecule has 0 radical (unpaired) electrons. The second kappa shape index (κ2) is 10.6. The zero-order valence-corrected chi connectivity index (χ0v) is 12.3. The summed E-state index contributed by atoms with van der Waals surface area (Å²) in [5.41, 5.74) is 0.374. The largest absolute Gasteiger partial charge is 0.481 e. The van der Waals surface area contributed by atoms with Gasteiger partial charge in [-0.2, -0.15) is 0 Å². The number of aromatic nitrogens is 1. The molecule has 10 heteroatoms. The Morgan fingerprint density at radius 1 is 1.32 bits per heavy atom. The molecule has 9 nitrogen and oxygen atoms in total. The van der Waals surface area contributed by atoms with Gasteiger partial charge >= 0.3 is 13.1 Å². The molecule has 1 aliphatic heterocycles. The molecule has 1 amide bonds. The quantitative estimate of drug-likeness (QED) is 0.315. The lowest BCUT2D eigenvalue weighted by molar-refractivity contribution is -0.909. The topological polar surface area (TPSA) is 129 Å². The van der Waals surface area contributed by atoms with Gasteiger partial charge in [0, 0.05) is 16.9 Å². The molecular formula is C15H26BN2O7+. The van der Waals surface area contributed by atoms with Crippen molar-refractivity contribution in [1.29, 1.82) is 0 Å². The monoisotopic (exact) mass is 357 g/mol. The molecule has 140 valence electrons. The van der Waals surface area contributed by atoms with E-state index in [0.29, 0.717) is 5.69 Å². The van der Waals surface area contributed by atoms with Gasteiger partial charge in [-0.15, -0.1) is 0 Å². The van der Waals surface area contributed by atoms with E-state index >= 15 is 0 Å². The molecule has 0 aliphatic carbocycles. The molecule has 1 aliphatic rings. The van der Waals surface area contributed by atoms with Crippen molar-refractivity contribution in [1.82, 2.24) is 5.32 Å². The minimum absolute atomic E-state index is 0. The lowest BCUT2D eigenvalue weighted by Crippen LogP contribution is -2.51. The number of ether oxygens (including phenoxy) is 1. The second-order valence-corrected chi connectivity index (χ2v) is 5.17. The first-order valence-corrected chi connectivity index (χ1v) is 7.07. The maximum atomic E-state index is 12.0. The van der Waals surface area contributed by atoms with E-state index in [1.54, 1.807) is 18.2 Å². The first-order chi connectivity index (χ1) is 11.0. The summed E-state index contributed by atoms with van der Waals surface area (Å²) in [5, 5.41) is 30.8. The molecule has 4 N–H and O–H groups in total. The molecular weight excluding hydrogens is 331 g/mol. The third-order valence-electron chi connectivity index (χ3n) is 3.29. The van der Waals surface area contributed by atoms with Crippen LogP contribution in [0.5, 0.6) is 0 Å². The number of hydrogen-bond donors (Lipinski definition) is 4. The van der Waals surface area contributed by atoms with Gasteiger partial charge in [-0.3, -0.25) is 14.8 Å². The van der Waals surface area contributed by atoms with Crippen molar-refractivity contribution in [3.63, 3.8) is 0 Å². The number of aliphatic carboxylic acids is 1. The van der Waals surface area contributed by atoms with Crippen LogP contribution in [0.1, 0.15) is 27.0 Å². The van der Waals surface area contributed by atoms with Gasteiger partial charge in [0.1, 0.15) is 6.42 Å². The van der Waals surface area contributed by atoms with Crippen LogP contribution in [0.4, 0.5) is 0 Å². The zero-order valence-electron chi connectivity index (χ0n) is 12.3. The van der Waals surface area contributed by atoms with Crippen molar-refractivity contribution in [2.24, 2.45) is 0 Å². The summed E-state index contributed by atoms with van der Waals surface area (Å²) in [6.45, 7) is 0.0159. The first-order valence-electron chi connectivity index (χ1n) is 7.07. The van der Waals surface area contributed by atoms with Gasteiger partial charge in [0.2, 0.25) is 17.8 Å².